The quantitative estimate of drug-likeness (QED) is 0.439. The van der Waals surface area contributed by atoms with Gasteiger partial charge in [0, 0.05) is 0 Å². The summed E-state index contributed by atoms with van der Waals surface area (Å²) in [5, 5.41) is 0. The molecule has 2 unspecified atom stereocenters. The number of carbonyl (C=O) groups excluding carboxylic acids is 2. The lowest BCUT2D eigenvalue weighted by atomic mass is 9.73. The van der Waals surface area contributed by atoms with Gasteiger partial charge in [-0.3, -0.25) is 9.59 Å². The van der Waals surface area contributed by atoms with Crippen LogP contribution in [0.4, 0.5) is 0 Å². The molecule has 1 saturated heterocycles. The van der Waals surface area contributed by atoms with Crippen LogP contribution in [-0.2, 0) is 23.8 Å². The second-order valence-electron chi connectivity index (χ2n) is 5.22. The van der Waals surface area contributed by atoms with Crippen molar-refractivity contribution in [1.82, 2.24) is 0 Å². The van der Waals surface area contributed by atoms with Gasteiger partial charge in [-0.2, -0.15) is 0 Å². The zero-order valence-corrected chi connectivity index (χ0v) is 12.9. The zero-order valence-electron chi connectivity index (χ0n) is 12.9. The number of esters is 2. The van der Waals surface area contributed by atoms with Gasteiger partial charge in [0.25, 0.3) is 0 Å². The molecule has 1 fully saturated rings. The summed E-state index contributed by atoms with van der Waals surface area (Å²) in [6.07, 6.45) is -1.01. The van der Waals surface area contributed by atoms with Crippen molar-refractivity contribution in [1.29, 1.82) is 0 Å². The van der Waals surface area contributed by atoms with Crippen molar-refractivity contribution in [3.63, 3.8) is 0 Å². The summed E-state index contributed by atoms with van der Waals surface area (Å²) in [6, 6.07) is 0. The molecule has 5 heteroatoms. The van der Waals surface area contributed by atoms with Gasteiger partial charge in [-0.25, -0.2) is 0 Å². The maximum absolute atomic E-state index is 12.5. The van der Waals surface area contributed by atoms with E-state index in [4.69, 9.17) is 14.2 Å². The maximum atomic E-state index is 12.5. The number of hydrogen-bond acceptors (Lipinski definition) is 5. The topological polar surface area (TPSA) is 61.8 Å². The summed E-state index contributed by atoms with van der Waals surface area (Å²) in [5.41, 5.74) is -1.15. The molecule has 0 aromatic heterocycles. The van der Waals surface area contributed by atoms with Crippen LogP contribution in [0.1, 0.15) is 34.6 Å². The largest absolute Gasteiger partial charge is 0.465 e. The average molecular weight is 284 g/mol. The first-order valence-corrected chi connectivity index (χ1v) is 7.03. The summed E-state index contributed by atoms with van der Waals surface area (Å²) in [4.78, 5) is 25.0. The Labute approximate surface area is 120 Å². The molecule has 0 bridgehead atoms. The lowest BCUT2D eigenvalue weighted by Crippen LogP contribution is -2.51. The van der Waals surface area contributed by atoms with Gasteiger partial charge in [-0.05, 0) is 32.3 Å². The molecule has 0 radical (unpaired) electrons. The third kappa shape index (κ3) is 2.46. The molecular formula is C15H24O5. The summed E-state index contributed by atoms with van der Waals surface area (Å²) < 4.78 is 16.0. The van der Waals surface area contributed by atoms with Crippen molar-refractivity contribution in [2.24, 2.45) is 11.3 Å². The summed E-state index contributed by atoms with van der Waals surface area (Å²) in [6.45, 7) is 13.2. The van der Waals surface area contributed by atoms with Gasteiger partial charge in [0.05, 0.1) is 25.4 Å². The maximum Gasteiger partial charge on any atom is 0.330 e. The van der Waals surface area contributed by atoms with Gasteiger partial charge >= 0.3 is 11.9 Å². The Kier molecular flexibility index (Phi) is 5.34. The van der Waals surface area contributed by atoms with Crippen molar-refractivity contribution < 1.29 is 23.8 Å². The average Bonchev–Trinajstić information content (AvgIpc) is 2.64. The van der Waals surface area contributed by atoms with E-state index in [0.717, 1.165) is 0 Å². The molecule has 0 spiro atoms. The Morgan fingerprint density at radius 3 is 2.05 bits per heavy atom. The highest BCUT2D eigenvalue weighted by Crippen LogP contribution is 2.47. The van der Waals surface area contributed by atoms with E-state index in [1.54, 1.807) is 20.8 Å². The highest BCUT2D eigenvalue weighted by atomic mass is 16.6. The van der Waals surface area contributed by atoms with Crippen molar-refractivity contribution in [3.05, 3.63) is 12.2 Å². The molecule has 1 rings (SSSR count). The van der Waals surface area contributed by atoms with Crippen LogP contribution in [0.5, 0.6) is 0 Å². The number of hydrogen-bond donors (Lipinski definition) is 0. The van der Waals surface area contributed by atoms with Crippen LogP contribution < -0.4 is 0 Å². The lowest BCUT2D eigenvalue weighted by molar-refractivity contribution is -0.175. The SMILES string of the molecule is C=C1C(C)OC(C(C)C)C1(C(=O)OCC)C(=O)OCC. The molecule has 114 valence electrons. The van der Waals surface area contributed by atoms with Crippen molar-refractivity contribution in [2.45, 2.75) is 46.8 Å². The van der Waals surface area contributed by atoms with E-state index in [9.17, 15) is 9.59 Å². The van der Waals surface area contributed by atoms with Crippen LogP contribution in [0.2, 0.25) is 0 Å². The monoisotopic (exact) mass is 284 g/mol. The summed E-state index contributed by atoms with van der Waals surface area (Å²) in [5.74, 6) is -1.32. The van der Waals surface area contributed by atoms with Crippen LogP contribution in [0.25, 0.3) is 0 Å². The van der Waals surface area contributed by atoms with Crippen LogP contribution in [0.15, 0.2) is 12.2 Å². The summed E-state index contributed by atoms with van der Waals surface area (Å²) >= 11 is 0. The van der Waals surface area contributed by atoms with Gasteiger partial charge in [0.2, 0.25) is 5.41 Å². The Morgan fingerprint density at radius 1 is 1.25 bits per heavy atom. The molecule has 2 atom stereocenters. The number of carbonyl (C=O) groups is 2. The first-order chi connectivity index (χ1) is 9.33. The van der Waals surface area contributed by atoms with Crippen LogP contribution in [0.3, 0.4) is 0 Å². The standard InChI is InChI=1S/C15H24O5/c1-7-18-13(16)15(14(17)19-8-2)10(5)11(6)20-12(15)9(3)4/h9,11-12H,5,7-8H2,1-4,6H3. The molecular weight excluding hydrogens is 260 g/mol. The van der Waals surface area contributed by atoms with E-state index in [-0.39, 0.29) is 19.1 Å². The van der Waals surface area contributed by atoms with Gasteiger partial charge < -0.3 is 14.2 Å². The lowest BCUT2D eigenvalue weighted by Gasteiger charge is -2.32. The second kappa shape index (κ2) is 6.39. The van der Waals surface area contributed by atoms with E-state index < -0.39 is 29.6 Å². The highest BCUT2D eigenvalue weighted by Gasteiger charge is 2.64. The molecule has 0 aromatic rings. The molecule has 0 aromatic carbocycles. The van der Waals surface area contributed by atoms with E-state index in [1.807, 2.05) is 13.8 Å². The predicted molar refractivity (Wildman–Crippen MR) is 74.0 cm³/mol. The fourth-order valence-corrected chi connectivity index (χ4v) is 2.63. The molecule has 5 nitrogen and oxygen atoms in total. The fourth-order valence-electron chi connectivity index (χ4n) is 2.63. The van der Waals surface area contributed by atoms with Gasteiger partial charge in [0.1, 0.15) is 0 Å². The van der Waals surface area contributed by atoms with Gasteiger partial charge in [-0.1, -0.05) is 20.4 Å². The van der Waals surface area contributed by atoms with Crippen LogP contribution >= 0.6 is 0 Å². The van der Waals surface area contributed by atoms with E-state index in [0.29, 0.717) is 5.57 Å². The molecule has 0 aliphatic carbocycles. The first kappa shape index (κ1) is 16.7. The van der Waals surface area contributed by atoms with Crippen molar-refractivity contribution in [2.75, 3.05) is 13.2 Å². The predicted octanol–water partition coefficient (Wildman–Crippen LogP) is 2.10. The minimum Gasteiger partial charge on any atom is -0.465 e. The van der Waals surface area contributed by atoms with E-state index in [2.05, 4.69) is 6.58 Å². The third-order valence-corrected chi connectivity index (χ3v) is 3.58. The van der Waals surface area contributed by atoms with Crippen LogP contribution in [-0.4, -0.2) is 37.4 Å². The fraction of sp³-hybridized carbons (Fsp3) is 0.733. The van der Waals surface area contributed by atoms with E-state index >= 15 is 0 Å². The Morgan fingerprint density at radius 2 is 1.70 bits per heavy atom. The molecule has 1 heterocycles. The van der Waals surface area contributed by atoms with E-state index in [1.165, 1.54) is 0 Å². The second-order valence-corrected chi connectivity index (χ2v) is 5.22. The molecule has 20 heavy (non-hydrogen) atoms. The minimum absolute atomic E-state index is 0.0505. The molecule has 1 aliphatic rings. The Bertz CT molecular complexity index is 381. The van der Waals surface area contributed by atoms with Crippen molar-refractivity contribution >= 4 is 11.9 Å². The third-order valence-electron chi connectivity index (χ3n) is 3.58. The normalized spacial score (nSPS) is 24.8. The number of ether oxygens (including phenoxy) is 3. The first-order valence-electron chi connectivity index (χ1n) is 7.03. The zero-order chi connectivity index (χ0) is 15.5. The summed E-state index contributed by atoms with van der Waals surface area (Å²) in [7, 11) is 0. The Hall–Kier alpha value is -1.36. The van der Waals surface area contributed by atoms with Gasteiger partial charge in [0.15, 0.2) is 0 Å². The van der Waals surface area contributed by atoms with Gasteiger partial charge in [-0.15, -0.1) is 0 Å². The molecule has 0 saturated carbocycles. The van der Waals surface area contributed by atoms with Crippen molar-refractivity contribution in [3.8, 4) is 0 Å². The highest BCUT2D eigenvalue weighted by molar-refractivity contribution is 6.05. The Balaban J connectivity index is 3.36. The molecule has 1 aliphatic heterocycles. The number of rotatable bonds is 5. The van der Waals surface area contributed by atoms with Crippen LogP contribution in [0, 0.1) is 11.3 Å². The molecule has 0 N–H and O–H groups in total. The minimum atomic E-state index is -1.56. The molecule has 0 amide bonds. The smallest absolute Gasteiger partial charge is 0.330 e.